The molecule has 0 atom stereocenters. The number of hydrogen-bond donors (Lipinski definition) is 0. The Morgan fingerprint density at radius 2 is 1.86 bits per heavy atom. The Labute approximate surface area is 174 Å². The van der Waals surface area contributed by atoms with Crippen LogP contribution in [0, 0.1) is 11.7 Å². The Morgan fingerprint density at radius 1 is 1.07 bits per heavy atom. The highest BCUT2D eigenvalue weighted by molar-refractivity contribution is 6.31. The van der Waals surface area contributed by atoms with Crippen molar-refractivity contribution in [3.63, 3.8) is 0 Å². The van der Waals surface area contributed by atoms with Crippen LogP contribution in [-0.4, -0.2) is 30.5 Å². The Kier molecular flexibility index (Phi) is 5.74. The van der Waals surface area contributed by atoms with Gasteiger partial charge in [-0.05, 0) is 61.9 Å². The fraction of sp³-hybridized carbons (Fsp3) is 0.429. The minimum Gasteiger partial charge on any atom is -0.354 e. The Hall–Kier alpha value is -1.85. The van der Waals surface area contributed by atoms with Crippen molar-refractivity contribution in [1.29, 1.82) is 0 Å². The third-order valence-electron chi connectivity index (χ3n) is 5.61. The molecule has 2 aliphatic rings. The van der Waals surface area contributed by atoms with Crippen molar-refractivity contribution in [3.8, 4) is 0 Å². The largest absolute Gasteiger partial charge is 0.354 e. The van der Waals surface area contributed by atoms with Crippen molar-refractivity contribution in [1.82, 2.24) is 4.98 Å². The number of carbonyl (C=O) groups excluding carboxylic acids is 1. The van der Waals surface area contributed by atoms with E-state index in [1.807, 2.05) is 28.0 Å². The zero-order valence-electron chi connectivity index (χ0n) is 15.5. The number of halogens is 3. The highest BCUT2D eigenvalue weighted by Gasteiger charge is 2.31. The van der Waals surface area contributed by atoms with Gasteiger partial charge in [0.2, 0.25) is 5.91 Å². The van der Waals surface area contributed by atoms with Crippen molar-refractivity contribution in [3.05, 3.63) is 51.9 Å². The van der Waals surface area contributed by atoms with E-state index in [2.05, 4.69) is 4.98 Å². The molecule has 2 aromatic rings. The van der Waals surface area contributed by atoms with Crippen molar-refractivity contribution in [2.75, 3.05) is 29.4 Å². The number of pyridine rings is 1. The van der Waals surface area contributed by atoms with Gasteiger partial charge >= 0.3 is 0 Å². The molecule has 7 heteroatoms. The molecule has 0 aliphatic carbocycles. The predicted octanol–water partition coefficient (Wildman–Crippen LogP) is 5.11. The van der Waals surface area contributed by atoms with Crippen molar-refractivity contribution in [2.45, 2.75) is 32.1 Å². The summed E-state index contributed by atoms with van der Waals surface area (Å²) in [5, 5.41) is 0.991. The minimum absolute atomic E-state index is 0.0618. The number of hydrogen-bond acceptors (Lipinski definition) is 3. The maximum Gasteiger partial charge on any atom is 0.230 e. The molecule has 1 saturated heterocycles. The zero-order valence-corrected chi connectivity index (χ0v) is 17.0. The summed E-state index contributed by atoms with van der Waals surface area (Å²) < 4.78 is 14.2. The molecule has 2 aliphatic heterocycles. The number of fused-ring (bicyclic) bond motifs is 1. The number of aromatic nitrogens is 1. The number of piperidine rings is 1. The van der Waals surface area contributed by atoms with Gasteiger partial charge in [-0.2, -0.15) is 0 Å². The first kappa shape index (κ1) is 19.5. The van der Waals surface area contributed by atoms with Gasteiger partial charge < -0.3 is 9.80 Å². The van der Waals surface area contributed by atoms with E-state index in [0.717, 1.165) is 37.1 Å². The molecule has 3 heterocycles. The molecule has 0 unspecified atom stereocenters. The SMILES string of the molecule is O=C(C1CCN(c2ncc(Cl)cc2F)CC1)N1CCCCc2cc(Cl)ccc21. The first-order valence-electron chi connectivity index (χ1n) is 9.69. The Bertz CT molecular complexity index is 884. The highest BCUT2D eigenvalue weighted by atomic mass is 35.5. The molecule has 0 N–H and O–H groups in total. The standard InChI is InChI=1S/C21H22Cl2FN3O/c22-16-4-5-19-15(11-16)3-1-2-8-27(19)21(28)14-6-9-26(10-7-14)20-18(24)12-17(23)13-25-20/h4-5,11-14H,1-3,6-10H2. The van der Waals surface area contributed by atoms with Crippen molar-refractivity contribution in [2.24, 2.45) is 5.92 Å². The smallest absolute Gasteiger partial charge is 0.230 e. The lowest BCUT2D eigenvalue weighted by atomic mass is 9.94. The van der Waals surface area contributed by atoms with Crippen LogP contribution in [0.3, 0.4) is 0 Å². The van der Waals surface area contributed by atoms with Crippen LogP contribution in [0.1, 0.15) is 31.2 Å². The molecule has 4 rings (SSSR count). The summed E-state index contributed by atoms with van der Waals surface area (Å²) in [6, 6.07) is 7.06. The molecule has 1 amide bonds. The third kappa shape index (κ3) is 3.96. The lowest BCUT2D eigenvalue weighted by Crippen LogP contribution is -2.43. The molecule has 28 heavy (non-hydrogen) atoms. The molecular weight excluding hydrogens is 400 g/mol. The van der Waals surface area contributed by atoms with E-state index in [1.54, 1.807) is 0 Å². The molecule has 1 fully saturated rings. The van der Waals surface area contributed by atoms with Crippen LogP contribution in [0.25, 0.3) is 0 Å². The van der Waals surface area contributed by atoms with Crippen LogP contribution in [0.2, 0.25) is 10.0 Å². The number of amides is 1. The monoisotopic (exact) mass is 421 g/mol. The van der Waals surface area contributed by atoms with Gasteiger partial charge in [-0.15, -0.1) is 0 Å². The summed E-state index contributed by atoms with van der Waals surface area (Å²) in [4.78, 5) is 21.2. The van der Waals surface area contributed by atoms with Gasteiger partial charge in [0, 0.05) is 42.5 Å². The lowest BCUT2D eigenvalue weighted by molar-refractivity contribution is -0.123. The quantitative estimate of drug-likeness (QED) is 0.675. The second-order valence-electron chi connectivity index (χ2n) is 7.44. The van der Waals surface area contributed by atoms with Crippen molar-refractivity contribution < 1.29 is 9.18 Å². The van der Waals surface area contributed by atoms with Gasteiger partial charge in [-0.25, -0.2) is 9.37 Å². The maximum atomic E-state index is 14.2. The van der Waals surface area contributed by atoms with E-state index >= 15 is 0 Å². The summed E-state index contributed by atoms with van der Waals surface area (Å²) in [6.07, 6.45) is 5.80. The molecule has 148 valence electrons. The number of nitrogens with zero attached hydrogens (tertiary/aromatic N) is 3. The predicted molar refractivity (Wildman–Crippen MR) is 111 cm³/mol. The minimum atomic E-state index is -0.421. The molecule has 1 aromatic heterocycles. The van der Waals surface area contributed by atoms with E-state index in [1.165, 1.54) is 12.3 Å². The Balaban J connectivity index is 1.47. The molecule has 0 bridgehead atoms. The maximum absolute atomic E-state index is 14.2. The number of carbonyl (C=O) groups is 1. The van der Waals surface area contributed by atoms with Crippen LogP contribution in [0.5, 0.6) is 0 Å². The summed E-state index contributed by atoms with van der Waals surface area (Å²) in [6.45, 7) is 1.94. The summed E-state index contributed by atoms with van der Waals surface area (Å²) in [7, 11) is 0. The first-order chi connectivity index (χ1) is 13.5. The van der Waals surface area contributed by atoms with E-state index in [0.29, 0.717) is 36.8 Å². The molecule has 1 aromatic carbocycles. The molecule has 0 saturated carbocycles. The van der Waals surface area contributed by atoms with Crippen LogP contribution in [-0.2, 0) is 11.2 Å². The number of anilines is 2. The number of benzene rings is 1. The molecule has 4 nitrogen and oxygen atoms in total. The van der Waals surface area contributed by atoms with E-state index in [-0.39, 0.29) is 16.8 Å². The molecular formula is C21H22Cl2FN3O. The highest BCUT2D eigenvalue weighted by Crippen LogP contribution is 2.32. The summed E-state index contributed by atoms with van der Waals surface area (Å²) in [5.74, 6) is -0.0106. The van der Waals surface area contributed by atoms with Crippen molar-refractivity contribution >= 4 is 40.6 Å². The second kappa shape index (κ2) is 8.26. The van der Waals surface area contributed by atoms with E-state index < -0.39 is 5.82 Å². The summed E-state index contributed by atoms with van der Waals surface area (Å²) >= 11 is 11.9. The van der Waals surface area contributed by atoms with Crippen LogP contribution in [0.4, 0.5) is 15.9 Å². The topological polar surface area (TPSA) is 36.4 Å². The fourth-order valence-corrected chi connectivity index (χ4v) is 4.49. The third-order valence-corrected chi connectivity index (χ3v) is 6.05. The van der Waals surface area contributed by atoms with E-state index in [4.69, 9.17) is 23.2 Å². The first-order valence-corrected chi connectivity index (χ1v) is 10.4. The van der Waals surface area contributed by atoms with Crippen LogP contribution < -0.4 is 9.80 Å². The van der Waals surface area contributed by atoms with Gasteiger partial charge in [-0.1, -0.05) is 23.2 Å². The van der Waals surface area contributed by atoms with Crippen LogP contribution in [0.15, 0.2) is 30.5 Å². The number of aryl methyl sites for hydroxylation is 1. The molecule has 0 spiro atoms. The summed E-state index contributed by atoms with van der Waals surface area (Å²) in [5.41, 5.74) is 2.13. The van der Waals surface area contributed by atoms with Crippen LogP contribution >= 0.6 is 23.2 Å². The second-order valence-corrected chi connectivity index (χ2v) is 8.31. The van der Waals surface area contributed by atoms with Gasteiger partial charge in [0.15, 0.2) is 11.6 Å². The molecule has 0 radical (unpaired) electrons. The average molecular weight is 422 g/mol. The van der Waals surface area contributed by atoms with E-state index in [9.17, 15) is 9.18 Å². The number of rotatable bonds is 2. The Morgan fingerprint density at radius 3 is 2.61 bits per heavy atom. The van der Waals surface area contributed by atoms with Gasteiger partial charge in [0.1, 0.15) is 0 Å². The van der Waals surface area contributed by atoms with Gasteiger partial charge in [0.25, 0.3) is 0 Å². The normalized spacial score (nSPS) is 18.0. The lowest BCUT2D eigenvalue weighted by Gasteiger charge is -2.35. The van der Waals surface area contributed by atoms with Gasteiger partial charge in [-0.3, -0.25) is 4.79 Å². The zero-order chi connectivity index (χ0) is 19.7. The fourth-order valence-electron chi connectivity index (χ4n) is 4.15. The van der Waals surface area contributed by atoms with Gasteiger partial charge in [0.05, 0.1) is 5.02 Å². The average Bonchev–Trinajstić information content (AvgIpc) is 2.89.